The maximum Gasteiger partial charge on any atom is 0.257 e. The molecule has 114 valence electrons. The van der Waals surface area contributed by atoms with E-state index in [9.17, 15) is 9.59 Å². The van der Waals surface area contributed by atoms with E-state index in [4.69, 9.17) is 4.74 Å². The molecular weight excluding hydrogens is 268 g/mol. The average molecular weight is 290 g/mol. The van der Waals surface area contributed by atoms with E-state index in [-0.39, 0.29) is 18.4 Å². The topological polar surface area (TPSA) is 67.4 Å². The fraction of sp³-hybridized carbons (Fsp3) is 0.500. The second-order valence-electron chi connectivity index (χ2n) is 5.22. The highest BCUT2D eigenvalue weighted by Gasteiger charge is 2.17. The normalized spacial score (nSPS) is 14.7. The maximum atomic E-state index is 12.0. The highest BCUT2D eigenvalue weighted by Crippen LogP contribution is 2.18. The summed E-state index contributed by atoms with van der Waals surface area (Å²) in [6.07, 6.45) is 4.52. The van der Waals surface area contributed by atoms with Gasteiger partial charge in [-0.1, -0.05) is 12.8 Å². The molecule has 0 saturated heterocycles. The molecule has 5 nitrogen and oxygen atoms in total. The quantitative estimate of drug-likeness (QED) is 0.840. The lowest BCUT2D eigenvalue weighted by Gasteiger charge is -2.12. The highest BCUT2D eigenvalue weighted by molar-refractivity contribution is 5.94. The van der Waals surface area contributed by atoms with Gasteiger partial charge in [0.1, 0.15) is 5.75 Å². The number of likely N-dealkylation sites (N-methyl/N-ethyl adjacent to an activating group) is 1. The van der Waals surface area contributed by atoms with Gasteiger partial charge in [-0.05, 0) is 44.0 Å². The van der Waals surface area contributed by atoms with E-state index in [2.05, 4.69) is 10.6 Å². The fourth-order valence-electron chi connectivity index (χ4n) is 2.44. The average Bonchev–Trinajstić information content (AvgIpc) is 2.99. The Morgan fingerprint density at radius 3 is 2.48 bits per heavy atom. The molecule has 1 saturated carbocycles. The van der Waals surface area contributed by atoms with Crippen molar-refractivity contribution in [3.05, 3.63) is 29.8 Å². The van der Waals surface area contributed by atoms with Crippen LogP contribution in [-0.2, 0) is 4.79 Å². The zero-order valence-corrected chi connectivity index (χ0v) is 12.4. The van der Waals surface area contributed by atoms with Gasteiger partial charge in [-0.2, -0.15) is 0 Å². The largest absolute Gasteiger partial charge is 0.484 e. The zero-order valence-electron chi connectivity index (χ0n) is 12.4. The fourth-order valence-corrected chi connectivity index (χ4v) is 2.44. The molecule has 0 radical (unpaired) electrons. The molecule has 21 heavy (non-hydrogen) atoms. The molecule has 2 amide bonds. The van der Waals surface area contributed by atoms with Gasteiger partial charge < -0.3 is 15.4 Å². The third kappa shape index (κ3) is 4.77. The molecule has 2 rings (SSSR count). The van der Waals surface area contributed by atoms with Crippen molar-refractivity contribution in [3.63, 3.8) is 0 Å². The van der Waals surface area contributed by atoms with Crippen LogP contribution < -0.4 is 15.4 Å². The van der Waals surface area contributed by atoms with Crippen molar-refractivity contribution in [1.29, 1.82) is 0 Å². The summed E-state index contributed by atoms with van der Waals surface area (Å²) in [5, 5.41) is 5.70. The van der Waals surface area contributed by atoms with Gasteiger partial charge in [0.15, 0.2) is 6.61 Å². The van der Waals surface area contributed by atoms with Gasteiger partial charge in [0.05, 0.1) is 0 Å². The minimum atomic E-state index is -0.152. The van der Waals surface area contributed by atoms with Crippen molar-refractivity contribution < 1.29 is 14.3 Å². The van der Waals surface area contributed by atoms with Crippen molar-refractivity contribution in [1.82, 2.24) is 10.6 Å². The van der Waals surface area contributed by atoms with Gasteiger partial charge in [0.25, 0.3) is 11.8 Å². The van der Waals surface area contributed by atoms with Crippen LogP contribution in [0.1, 0.15) is 43.0 Å². The lowest BCUT2D eigenvalue weighted by atomic mass is 10.1. The summed E-state index contributed by atoms with van der Waals surface area (Å²) in [7, 11) is 0. The van der Waals surface area contributed by atoms with Gasteiger partial charge in [-0.3, -0.25) is 9.59 Å². The minimum Gasteiger partial charge on any atom is -0.484 e. The van der Waals surface area contributed by atoms with Crippen molar-refractivity contribution in [2.45, 2.75) is 38.6 Å². The first-order valence-corrected chi connectivity index (χ1v) is 7.49. The number of hydrogen-bond acceptors (Lipinski definition) is 3. The molecular formula is C16H22N2O3. The van der Waals surface area contributed by atoms with Gasteiger partial charge >= 0.3 is 0 Å². The Hall–Kier alpha value is -2.04. The number of carbonyl (C=O) groups excluding carboxylic acids is 2. The number of nitrogens with one attached hydrogen (secondary N) is 2. The van der Waals surface area contributed by atoms with E-state index in [1.165, 1.54) is 12.8 Å². The van der Waals surface area contributed by atoms with Crippen molar-refractivity contribution in [2.24, 2.45) is 0 Å². The van der Waals surface area contributed by atoms with Gasteiger partial charge in [-0.25, -0.2) is 0 Å². The third-order valence-electron chi connectivity index (χ3n) is 3.55. The molecule has 1 aliphatic carbocycles. The van der Waals surface area contributed by atoms with E-state index >= 15 is 0 Å². The summed E-state index contributed by atoms with van der Waals surface area (Å²) < 4.78 is 5.34. The molecule has 1 aliphatic rings. The smallest absolute Gasteiger partial charge is 0.257 e. The monoisotopic (exact) mass is 290 g/mol. The second-order valence-corrected chi connectivity index (χ2v) is 5.22. The van der Waals surface area contributed by atoms with Crippen LogP contribution in [0.5, 0.6) is 5.75 Å². The number of hydrogen-bond donors (Lipinski definition) is 2. The summed E-state index contributed by atoms with van der Waals surface area (Å²) in [5.41, 5.74) is 0.618. The molecule has 0 aromatic heterocycles. The van der Waals surface area contributed by atoms with E-state index in [0.29, 0.717) is 23.9 Å². The molecule has 1 aromatic rings. The molecule has 1 fully saturated rings. The lowest BCUT2D eigenvalue weighted by Crippen LogP contribution is -2.32. The summed E-state index contributed by atoms with van der Waals surface area (Å²) in [6, 6.07) is 7.17. The van der Waals surface area contributed by atoms with Gasteiger partial charge in [0.2, 0.25) is 0 Å². The third-order valence-corrected chi connectivity index (χ3v) is 3.55. The Labute approximate surface area is 125 Å². The predicted octanol–water partition coefficient (Wildman–Crippen LogP) is 1.87. The van der Waals surface area contributed by atoms with Crippen LogP contribution in [0.4, 0.5) is 0 Å². The predicted molar refractivity (Wildman–Crippen MR) is 80.3 cm³/mol. The Balaban J connectivity index is 1.83. The summed E-state index contributed by atoms with van der Waals surface area (Å²) in [4.78, 5) is 23.3. The van der Waals surface area contributed by atoms with E-state index in [1.54, 1.807) is 24.3 Å². The molecule has 5 heteroatoms. The van der Waals surface area contributed by atoms with Crippen molar-refractivity contribution >= 4 is 11.8 Å². The van der Waals surface area contributed by atoms with E-state index in [1.807, 2.05) is 6.92 Å². The number of rotatable bonds is 6. The molecule has 0 atom stereocenters. The molecule has 0 spiro atoms. The van der Waals surface area contributed by atoms with Crippen LogP contribution in [0.2, 0.25) is 0 Å². The van der Waals surface area contributed by atoms with Crippen LogP contribution in [0.25, 0.3) is 0 Å². The minimum absolute atomic E-state index is 0.0124. The van der Waals surface area contributed by atoms with Crippen LogP contribution in [0.3, 0.4) is 0 Å². The Kier molecular flexibility index (Phi) is 5.60. The Morgan fingerprint density at radius 2 is 1.86 bits per heavy atom. The number of benzene rings is 1. The van der Waals surface area contributed by atoms with Crippen molar-refractivity contribution in [3.8, 4) is 5.75 Å². The zero-order chi connectivity index (χ0) is 15.1. The SMILES string of the molecule is CCNC(=O)COc1ccc(C(=O)NC2CCCC2)cc1. The van der Waals surface area contributed by atoms with E-state index in [0.717, 1.165) is 12.8 Å². The summed E-state index contributed by atoms with van der Waals surface area (Å²) >= 11 is 0. The second kappa shape index (κ2) is 7.67. The highest BCUT2D eigenvalue weighted by atomic mass is 16.5. The molecule has 1 aromatic carbocycles. The van der Waals surface area contributed by atoms with Crippen molar-refractivity contribution in [2.75, 3.05) is 13.2 Å². The molecule has 0 aliphatic heterocycles. The summed E-state index contributed by atoms with van der Waals surface area (Å²) in [6.45, 7) is 2.43. The lowest BCUT2D eigenvalue weighted by molar-refractivity contribution is -0.122. The first kappa shape index (κ1) is 15.4. The Morgan fingerprint density at radius 1 is 1.19 bits per heavy atom. The summed E-state index contributed by atoms with van der Waals surface area (Å²) in [5.74, 6) is 0.386. The van der Waals surface area contributed by atoms with Crippen LogP contribution in [-0.4, -0.2) is 31.0 Å². The number of carbonyl (C=O) groups is 2. The maximum absolute atomic E-state index is 12.0. The van der Waals surface area contributed by atoms with Gasteiger partial charge in [-0.15, -0.1) is 0 Å². The van der Waals surface area contributed by atoms with Crippen LogP contribution >= 0.6 is 0 Å². The Bertz CT molecular complexity index is 479. The van der Waals surface area contributed by atoms with E-state index < -0.39 is 0 Å². The number of ether oxygens (including phenoxy) is 1. The molecule has 0 unspecified atom stereocenters. The van der Waals surface area contributed by atoms with Crippen LogP contribution in [0.15, 0.2) is 24.3 Å². The molecule has 2 N–H and O–H groups in total. The molecule has 0 heterocycles. The van der Waals surface area contributed by atoms with Gasteiger partial charge in [0, 0.05) is 18.2 Å². The molecule has 0 bridgehead atoms. The number of amides is 2. The van der Waals surface area contributed by atoms with Crippen LogP contribution in [0, 0.1) is 0 Å². The standard InChI is InChI=1S/C16H22N2O3/c1-2-17-15(19)11-21-14-9-7-12(8-10-14)16(20)18-13-5-3-4-6-13/h7-10,13H,2-6,11H2,1H3,(H,17,19)(H,18,20). The first-order valence-electron chi connectivity index (χ1n) is 7.49. The first-order chi connectivity index (χ1) is 10.2.